The lowest BCUT2D eigenvalue weighted by Gasteiger charge is -2.03. The number of para-hydroxylation sites is 2. The Balaban J connectivity index is 1.75. The molecule has 0 aliphatic heterocycles. The normalized spacial score (nSPS) is 10.9. The molecule has 0 aliphatic rings. The molecule has 0 unspecified atom stereocenters. The highest BCUT2D eigenvalue weighted by Gasteiger charge is 2.03. The smallest absolute Gasteiger partial charge is 0.187 e. The number of rotatable bonds is 4. The van der Waals surface area contributed by atoms with Gasteiger partial charge in [-0.15, -0.1) is 0 Å². The summed E-state index contributed by atoms with van der Waals surface area (Å²) in [7, 11) is 0. The second kappa shape index (κ2) is 6.14. The molecule has 0 saturated heterocycles. The lowest BCUT2D eigenvalue weighted by atomic mass is 10.0. The highest BCUT2D eigenvalue weighted by Crippen LogP contribution is 2.21. The number of allylic oxidation sites excluding steroid dienone is 1. The topological polar surface area (TPSA) is 49.3 Å². The van der Waals surface area contributed by atoms with Crippen molar-refractivity contribution in [3.63, 3.8) is 0 Å². The van der Waals surface area contributed by atoms with Crippen LogP contribution in [0.2, 0.25) is 0 Å². The number of fused-ring (bicyclic) bond motifs is 1. The summed E-state index contributed by atoms with van der Waals surface area (Å²) in [6.07, 6.45) is 2.99. The van der Waals surface area contributed by atoms with E-state index in [4.69, 9.17) is 0 Å². The minimum atomic E-state index is -0.0892. The fourth-order valence-electron chi connectivity index (χ4n) is 2.24. The molecule has 0 radical (unpaired) electrons. The monoisotopic (exact) mass is 289 g/mol. The number of phenols is 1. The first kappa shape index (κ1) is 13.9. The average Bonchev–Trinajstić information content (AvgIpc) is 2.56. The molecule has 0 atom stereocenters. The minimum absolute atomic E-state index is 0.0892. The molecule has 0 heterocycles. The van der Waals surface area contributed by atoms with E-state index >= 15 is 0 Å². The Morgan fingerprint density at radius 2 is 1.64 bits per heavy atom. The van der Waals surface area contributed by atoms with Gasteiger partial charge in [0, 0.05) is 17.8 Å². The molecular formula is C19H15NO2. The molecule has 108 valence electrons. The minimum Gasteiger partial charge on any atom is -0.506 e. The summed E-state index contributed by atoms with van der Waals surface area (Å²) in [4.78, 5) is 12.2. The first-order valence-corrected chi connectivity index (χ1v) is 6.98. The molecule has 0 amide bonds. The van der Waals surface area contributed by atoms with Crippen LogP contribution in [0.15, 0.2) is 79.0 Å². The molecular weight excluding hydrogens is 274 g/mol. The van der Waals surface area contributed by atoms with E-state index in [2.05, 4.69) is 5.32 Å². The van der Waals surface area contributed by atoms with Crippen molar-refractivity contribution in [3.8, 4) is 5.75 Å². The molecule has 3 heteroatoms. The van der Waals surface area contributed by atoms with E-state index in [9.17, 15) is 9.90 Å². The molecule has 0 bridgehead atoms. The van der Waals surface area contributed by atoms with E-state index in [1.54, 1.807) is 24.3 Å². The van der Waals surface area contributed by atoms with Gasteiger partial charge in [0.05, 0.1) is 5.69 Å². The number of hydrogen-bond acceptors (Lipinski definition) is 3. The first-order chi connectivity index (χ1) is 10.7. The number of nitrogens with one attached hydrogen (secondary N) is 1. The summed E-state index contributed by atoms with van der Waals surface area (Å²) in [5.74, 6) is 0.0546. The van der Waals surface area contributed by atoms with Gasteiger partial charge in [0.15, 0.2) is 5.78 Å². The lowest BCUT2D eigenvalue weighted by Crippen LogP contribution is -1.96. The van der Waals surface area contributed by atoms with Crippen LogP contribution in [0.4, 0.5) is 5.69 Å². The van der Waals surface area contributed by atoms with Crippen molar-refractivity contribution in [2.75, 3.05) is 5.32 Å². The van der Waals surface area contributed by atoms with Crippen molar-refractivity contribution in [2.24, 2.45) is 0 Å². The maximum absolute atomic E-state index is 12.2. The van der Waals surface area contributed by atoms with E-state index in [1.165, 1.54) is 12.3 Å². The lowest BCUT2D eigenvalue weighted by molar-refractivity contribution is 0.104. The third kappa shape index (κ3) is 2.99. The first-order valence-electron chi connectivity index (χ1n) is 6.98. The number of ketones is 1. The van der Waals surface area contributed by atoms with Crippen LogP contribution in [0.5, 0.6) is 5.75 Å². The van der Waals surface area contributed by atoms with Gasteiger partial charge in [-0.05, 0) is 29.0 Å². The van der Waals surface area contributed by atoms with Crippen LogP contribution in [0.3, 0.4) is 0 Å². The Labute approximate surface area is 128 Å². The van der Waals surface area contributed by atoms with Crippen LogP contribution < -0.4 is 5.32 Å². The maximum atomic E-state index is 12.2. The van der Waals surface area contributed by atoms with Crippen molar-refractivity contribution in [2.45, 2.75) is 0 Å². The van der Waals surface area contributed by atoms with Crippen molar-refractivity contribution >= 4 is 22.2 Å². The van der Waals surface area contributed by atoms with Crippen LogP contribution in [0, 0.1) is 0 Å². The molecule has 2 N–H and O–H groups in total. The number of benzene rings is 3. The van der Waals surface area contributed by atoms with Gasteiger partial charge in [-0.2, -0.15) is 0 Å². The Kier molecular flexibility index (Phi) is 3.88. The zero-order chi connectivity index (χ0) is 15.4. The molecule has 0 fully saturated rings. The third-order valence-electron chi connectivity index (χ3n) is 3.41. The van der Waals surface area contributed by atoms with Crippen LogP contribution in [0.1, 0.15) is 10.4 Å². The molecule has 3 aromatic rings. The van der Waals surface area contributed by atoms with Gasteiger partial charge in [0.25, 0.3) is 0 Å². The molecule has 0 aliphatic carbocycles. The second-order valence-corrected chi connectivity index (χ2v) is 4.92. The SMILES string of the molecule is O=C(/C=C\Nc1ccccc1O)c1ccc2ccccc2c1. The zero-order valence-corrected chi connectivity index (χ0v) is 11.9. The maximum Gasteiger partial charge on any atom is 0.187 e. The predicted octanol–water partition coefficient (Wildman–Crippen LogP) is 4.35. The number of hydrogen-bond donors (Lipinski definition) is 2. The van der Waals surface area contributed by atoms with Gasteiger partial charge >= 0.3 is 0 Å². The summed E-state index contributed by atoms with van der Waals surface area (Å²) in [6.45, 7) is 0. The Morgan fingerprint density at radius 1 is 0.909 bits per heavy atom. The van der Waals surface area contributed by atoms with Crippen LogP contribution in [-0.2, 0) is 0 Å². The van der Waals surface area contributed by atoms with E-state index in [-0.39, 0.29) is 11.5 Å². The Hall–Kier alpha value is -3.07. The van der Waals surface area contributed by atoms with Gasteiger partial charge in [-0.3, -0.25) is 4.79 Å². The van der Waals surface area contributed by atoms with E-state index in [0.717, 1.165) is 10.8 Å². The molecule has 0 saturated carbocycles. The van der Waals surface area contributed by atoms with Gasteiger partial charge < -0.3 is 10.4 Å². The van der Waals surface area contributed by atoms with E-state index in [1.807, 2.05) is 42.5 Å². The predicted molar refractivity (Wildman–Crippen MR) is 89.1 cm³/mol. The Bertz CT molecular complexity index is 853. The Morgan fingerprint density at radius 3 is 2.45 bits per heavy atom. The van der Waals surface area contributed by atoms with Crippen molar-refractivity contribution < 1.29 is 9.90 Å². The number of carbonyl (C=O) groups excluding carboxylic acids is 1. The summed E-state index contributed by atoms with van der Waals surface area (Å²) >= 11 is 0. The highest BCUT2D eigenvalue weighted by molar-refractivity contribution is 6.06. The number of anilines is 1. The standard InChI is InChI=1S/C19H15NO2/c21-18(11-12-20-17-7-3-4-8-19(17)22)16-10-9-14-5-1-2-6-15(14)13-16/h1-13,20,22H/b12-11-. The molecule has 0 aromatic heterocycles. The highest BCUT2D eigenvalue weighted by atomic mass is 16.3. The fourth-order valence-corrected chi connectivity index (χ4v) is 2.24. The average molecular weight is 289 g/mol. The van der Waals surface area contributed by atoms with Crippen LogP contribution >= 0.6 is 0 Å². The summed E-state index contributed by atoms with van der Waals surface area (Å²) in [5, 5.41) is 14.7. The van der Waals surface area contributed by atoms with Crippen LogP contribution in [-0.4, -0.2) is 10.9 Å². The second-order valence-electron chi connectivity index (χ2n) is 4.92. The third-order valence-corrected chi connectivity index (χ3v) is 3.41. The molecule has 3 nitrogen and oxygen atoms in total. The summed E-state index contributed by atoms with van der Waals surface area (Å²) in [6, 6.07) is 20.4. The van der Waals surface area contributed by atoms with E-state index < -0.39 is 0 Å². The van der Waals surface area contributed by atoms with Gasteiger partial charge in [0.1, 0.15) is 5.75 Å². The molecule has 3 rings (SSSR count). The largest absolute Gasteiger partial charge is 0.506 e. The molecule has 22 heavy (non-hydrogen) atoms. The fraction of sp³-hybridized carbons (Fsp3) is 0. The molecule has 0 spiro atoms. The number of phenolic OH excluding ortho intramolecular Hbond substituents is 1. The van der Waals surface area contributed by atoms with Crippen LogP contribution in [0.25, 0.3) is 10.8 Å². The van der Waals surface area contributed by atoms with Crippen molar-refractivity contribution in [1.82, 2.24) is 0 Å². The number of aromatic hydroxyl groups is 1. The van der Waals surface area contributed by atoms with E-state index in [0.29, 0.717) is 11.3 Å². The summed E-state index contributed by atoms with van der Waals surface area (Å²) < 4.78 is 0. The van der Waals surface area contributed by atoms with Gasteiger partial charge in [-0.25, -0.2) is 0 Å². The van der Waals surface area contributed by atoms with Gasteiger partial charge in [-0.1, -0.05) is 48.5 Å². The zero-order valence-electron chi connectivity index (χ0n) is 11.9. The molecule has 3 aromatic carbocycles. The van der Waals surface area contributed by atoms with Gasteiger partial charge in [0.2, 0.25) is 0 Å². The number of carbonyl (C=O) groups is 1. The van der Waals surface area contributed by atoms with Crippen molar-refractivity contribution in [3.05, 3.63) is 84.6 Å². The quantitative estimate of drug-likeness (QED) is 0.426. The van der Waals surface area contributed by atoms with Crippen molar-refractivity contribution in [1.29, 1.82) is 0 Å². The summed E-state index contributed by atoms with van der Waals surface area (Å²) in [5.41, 5.74) is 1.19.